The predicted molar refractivity (Wildman–Crippen MR) is 215 cm³/mol. The molecule has 52 heavy (non-hydrogen) atoms. The first-order valence-electron chi connectivity index (χ1n) is 17.8. The Hall–Kier alpha value is -4.36. The third kappa shape index (κ3) is 7.71. The van der Waals surface area contributed by atoms with E-state index in [0.717, 1.165) is 67.7 Å². The Morgan fingerprint density at radius 3 is 2.21 bits per heavy atom. The van der Waals surface area contributed by atoms with Crippen LogP contribution in [0.3, 0.4) is 0 Å². The van der Waals surface area contributed by atoms with Crippen LogP contribution in [0, 0.1) is 18.1 Å². The number of rotatable bonds is 7. The van der Waals surface area contributed by atoms with Crippen molar-refractivity contribution < 1.29 is 24.5 Å². The molecule has 0 saturated carbocycles. The molecule has 7 heteroatoms. The van der Waals surface area contributed by atoms with Gasteiger partial charge in [-0.1, -0.05) is 53.4 Å². The van der Waals surface area contributed by atoms with Crippen LogP contribution in [-0.2, 0) is 26.5 Å². The first-order valence-corrected chi connectivity index (χ1v) is 25.2. The maximum atomic E-state index is 6.34. The number of furan rings is 1. The van der Waals surface area contributed by atoms with E-state index < -0.39 is 13.3 Å². The van der Waals surface area contributed by atoms with Gasteiger partial charge in [0.2, 0.25) is 5.71 Å². The van der Waals surface area contributed by atoms with E-state index in [1.54, 1.807) is 4.40 Å². The molecule has 4 heterocycles. The molecule has 8 aromatic rings. The molecular weight excluding hydrogens is 877 g/mol. The molecule has 0 aliphatic carbocycles. The summed E-state index contributed by atoms with van der Waals surface area (Å²) in [6.07, 6.45) is 3.27. The maximum absolute atomic E-state index is 6.34. The normalized spacial score (nSPS) is 11.6. The second-order valence-electron chi connectivity index (χ2n) is 14.9. The van der Waals surface area contributed by atoms with Gasteiger partial charge >= 0.3 is 126 Å². The van der Waals surface area contributed by atoms with Gasteiger partial charge in [-0.3, -0.25) is 4.98 Å². The summed E-state index contributed by atoms with van der Waals surface area (Å²) in [4.78, 5) is 14.4. The summed E-state index contributed by atoms with van der Waals surface area (Å²) in [6.45, 7) is 8.91. The zero-order valence-electron chi connectivity index (χ0n) is 30.9. The van der Waals surface area contributed by atoms with Crippen molar-refractivity contribution in [2.24, 2.45) is 5.92 Å². The number of hydrogen-bond acceptors (Lipinski definition) is 4. The Morgan fingerprint density at radius 2 is 1.50 bits per heavy atom. The molecule has 0 aliphatic rings. The number of para-hydroxylation sites is 2. The maximum Gasteiger partial charge on any atom is 0.216 e. The number of imidazole rings is 1. The van der Waals surface area contributed by atoms with Gasteiger partial charge in [0.1, 0.15) is 0 Å². The summed E-state index contributed by atoms with van der Waals surface area (Å²) < 4.78 is 10.1. The van der Waals surface area contributed by atoms with Crippen LogP contribution in [0.25, 0.3) is 67.0 Å². The monoisotopic (exact) mass is 923 g/mol. The molecule has 0 spiro atoms. The zero-order valence-corrected chi connectivity index (χ0v) is 35.4. The van der Waals surface area contributed by atoms with Gasteiger partial charge in [-0.15, -0.1) is 18.2 Å². The molecule has 0 saturated heterocycles. The molecule has 4 aromatic carbocycles. The van der Waals surface area contributed by atoms with Crippen molar-refractivity contribution in [1.82, 2.24) is 19.5 Å². The van der Waals surface area contributed by atoms with Crippen molar-refractivity contribution in [1.29, 1.82) is 0 Å². The molecule has 0 N–H and O–H groups in total. The molecule has 265 valence electrons. The summed E-state index contributed by atoms with van der Waals surface area (Å²) in [7, 11) is 0. The van der Waals surface area contributed by atoms with E-state index in [4.69, 9.17) is 19.4 Å². The van der Waals surface area contributed by atoms with Crippen LogP contribution in [0.5, 0.6) is 0 Å². The van der Waals surface area contributed by atoms with Gasteiger partial charge in [-0.2, -0.15) is 0 Å². The molecule has 0 unspecified atom stereocenters. The van der Waals surface area contributed by atoms with E-state index in [1.165, 1.54) is 5.56 Å². The van der Waals surface area contributed by atoms with Crippen molar-refractivity contribution in [2.75, 3.05) is 0 Å². The Balaban J connectivity index is 0.000000193. The summed E-state index contributed by atoms with van der Waals surface area (Å²) in [5, 5.41) is 2.02. The van der Waals surface area contributed by atoms with Gasteiger partial charge in [0.05, 0.1) is 28.1 Å². The molecule has 4 aromatic heterocycles. The molecule has 1 radical (unpaired) electrons. The van der Waals surface area contributed by atoms with Crippen LogP contribution >= 0.6 is 0 Å². The van der Waals surface area contributed by atoms with E-state index >= 15 is 0 Å². The third-order valence-electron chi connectivity index (χ3n) is 9.11. The molecule has 5 nitrogen and oxygen atoms in total. The zero-order chi connectivity index (χ0) is 35.7. The van der Waals surface area contributed by atoms with Crippen molar-refractivity contribution in [3.63, 3.8) is 0 Å². The molecule has 0 atom stereocenters. The van der Waals surface area contributed by atoms with Crippen LogP contribution < -0.4 is 4.40 Å². The standard InChI is InChI=1S/C27H20N3O.C18H24GeN.Ir/c1-17(2)30-24-14-7-6-13-23(24)28-26(30)21-12-8-11-19-20-15-16-22(18-9-4-3-5-10-18)29-27(20)31-25(19)21;1-14(2)11-16-12-18(15-9-7-6-8-10-15)20-13-17(16)19(3,4)5;/h3-11,13-17H,1-2H3;6-9,12-14H,11H2,1-5H3;/q2*-1;. The van der Waals surface area contributed by atoms with Gasteiger partial charge in [-0.25, -0.2) is 4.98 Å². The van der Waals surface area contributed by atoms with Crippen molar-refractivity contribution in [3.05, 3.63) is 133 Å². The van der Waals surface area contributed by atoms with Crippen molar-refractivity contribution in [2.45, 2.75) is 57.4 Å². The molecule has 0 fully saturated rings. The summed E-state index contributed by atoms with van der Waals surface area (Å²) in [5.41, 5.74) is 9.94. The number of nitrogens with zero attached hydrogens (tertiary/aromatic N) is 4. The summed E-state index contributed by atoms with van der Waals surface area (Å²) in [6, 6.07) is 43.8. The minimum atomic E-state index is -1.86. The second kappa shape index (κ2) is 15.7. The largest absolute Gasteiger partial charge is 0.486 e. The Labute approximate surface area is 323 Å². The van der Waals surface area contributed by atoms with E-state index in [2.05, 4.69) is 104 Å². The Morgan fingerprint density at radius 1 is 0.750 bits per heavy atom. The average molecular weight is 922 g/mol. The number of aromatic nitrogens is 4. The van der Waals surface area contributed by atoms with Crippen LogP contribution in [0.2, 0.25) is 17.3 Å². The van der Waals surface area contributed by atoms with Crippen molar-refractivity contribution in [3.8, 4) is 33.9 Å². The van der Waals surface area contributed by atoms with Gasteiger partial charge in [0, 0.05) is 37.1 Å². The smallest absolute Gasteiger partial charge is 0.216 e. The summed E-state index contributed by atoms with van der Waals surface area (Å²) in [5.74, 6) is 8.86. The van der Waals surface area contributed by atoms with Crippen LogP contribution in [0.4, 0.5) is 0 Å². The number of benzene rings is 4. The Kier molecular flexibility index (Phi) is 11.3. The van der Waals surface area contributed by atoms with Gasteiger partial charge in [0.15, 0.2) is 0 Å². The van der Waals surface area contributed by atoms with Crippen molar-refractivity contribution >= 4 is 50.8 Å². The van der Waals surface area contributed by atoms with E-state index in [9.17, 15) is 0 Å². The fourth-order valence-electron chi connectivity index (χ4n) is 6.78. The average Bonchev–Trinajstić information content (AvgIpc) is 3.70. The van der Waals surface area contributed by atoms with Crippen LogP contribution in [0.1, 0.15) is 39.3 Å². The minimum Gasteiger partial charge on any atom is -0.486 e. The number of fused-ring (bicyclic) bond motifs is 4. The minimum absolute atomic E-state index is 0. The summed E-state index contributed by atoms with van der Waals surface area (Å²) >= 11 is -1.86. The Bertz CT molecular complexity index is 2440. The number of pyridine rings is 2. The first-order chi connectivity index (χ1) is 24.6. The second-order valence-corrected chi connectivity index (χ2v) is 25.4. The van der Waals surface area contributed by atoms with E-state index in [0.29, 0.717) is 11.6 Å². The van der Waals surface area contributed by atoms with Crippen LogP contribution in [0.15, 0.2) is 120 Å². The van der Waals surface area contributed by atoms with Gasteiger partial charge in [-0.05, 0) is 38.1 Å². The van der Waals surface area contributed by atoms with Crippen LogP contribution in [-0.4, -0.2) is 32.8 Å². The molecule has 0 bridgehead atoms. The molecule has 0 aliphatic heterocycles. The van der Waals surface area contributed by atoms with Gasteiger partial charge < -0.3 is 8.98 Å². The quantitative estimate of drug-likeness (QED) is 0.118. The fraction of sp³-hybridized carbons (Fsp3) is 0.222. The topological polar surface area (TPSA) is 56.7 Å². The predicted octanol–water partition coefficient (Wildman–Crippen LogP) is 11.3. The van der Waals surface area contributed by atoms with E-state index in [-0.39, 0.29) is 26.1 Å². The number of hydrogen-bond donors (Lipinski definition) is 0. The third-order valence-corrected chi connectivity index (χ3v) is 13.4. The van der Waals surface area contributed by atoms with E-state index in [1.807, 2.05) is 72.8 Å². The molecule has 8 rings (SSSR count). The molecular formula is C45H44GeIrN4O-2. The van der Waals surface area contributed by atoms with Gasteiger partial charge in [0.25, 0.3) is 0 Å². The SMILES string of the molecule is CC(C)Cc1cc(-c2[c-]cccc2)nc[c]1[Ge]([CH3])([CH3])[CH3].CC(C)n1c(-c2[c-]ccc3c2oc2nc(-c4ccccc4)ccc23)nc2ccccc21.[Ir]. The first kappa shape index (κ1) is 37.4. The fourth-order valence-corrected chi connectivity index (χ4v) is 10.1. The molecule has 0 amide bonds.